The summed E-state index contributed by atoms with van der Waals surface area (Å²) in [6, 6.07) is 4.32. The summed E-state index contributed by atoms with van der Waals surface area (Å²) in [5.74, 6) is 1.70. The summed E-state index contributed by atoms with van der Waals surface area (Å²) in [6.07, 6.45) is 0. The van der Waals surface area contributed by atoms with E-state index in [1.54, 1.807) is 6.07 Å². The van der Waals surface area contributed by atoms with E-state index < -0.39 is 0 Å². The summed E-state index contributed by atoms with van der Waals surface area (Å²) < 4.78 is 18.5. The highest BCUT2D eigenvalue weighted by Crippen LogP contribution is 2.28. The Hall–Kier alpha value is -1.49. The van der Waals surface area contributed by atoms with Crippen molar-refractivity contribution in [3.8, 4) is 0 Å². The molecule has 3 nitrogen and oxygen atoms in total. The molecule has 0 radical (unpaired) electrons. The maximum atomic E-state index is 13.0. The van der Waals surface area contributed by atoms with Crippen LogP contribution in [0.1, 0.15) is 17.3 Å². The van der Waals surface area contributed by atoms with E-state index in [1.807, 2.05) is 13.8 Å². The SMILES string of the molecule is Cc1nc(CSc2cc(F)ccc2N)oc1C. The lowest BCUT2D eigenvalue weighted by Crippen LogP contribution is -1.90. The average Bonchev–Trinajstić information content (AvgIpc) is 2.60. The summed E-state index contributed by atoms with van der Waals surface area (Å²) in [5, 5.41) is 0. The molecule has 0 spiro atoms. The van der Waals surface area contributed by atoms with Crippen LogP contribution in [0.2, 0.25) is 0 Å². The van der Waals surface area contributed by atoms with Crippen LogP contribution in [0, 0.1) is 19.7 Å². The normalized spacial score (nSPS) is 10.8. The van der Waals surface area contributed by atoms with Crippen molar-refractivity contribution in [2.24, 2.45) is 0 Å². The van der Waals surface area contributed by atoms with Crippen molar-refractivity contribution < 1.29 is 8.81 Å². The molecule has 0 fully saturated rings. The minimum absolute atomic E-state index is 0.290. The van der Waals surface area contributed by atoms with Gasteiger partial charge in [0.05, 0.1) is 11.4 Å². The number of oxazole rings is 1. The van der Waals surface area contributed by atoms with Crippen LogP contribution in [0.25, 0.3) is 0 Å². The second-order valence-electron chi connectivity index (χ2n) is 3.72. The number of aryl methyl sites for hydroxylation is 2. The van der Waals surface area contributed by atoms with Gasteiger partial charge < -0.3 is 10.2 Å². The molecule has 0 bridgehead atoms. The number of nitrogens with two attached hydrogens (primary N) is 1. The molecule has 0 atom stereocenters. The second kappa shape index (κ2) is 4.79. The van der Waals surface area contributed by atoms with Gasteiger partial charge in [-0.05, 0) is 32.0 Å². The number of anilines is 1. The molecule has 5 heteroatoms. The molecule has 17 heavy (non-hydrogen) atoms. The van der Waals surface area contributed by atoms with Gasteiger partial charge in [0.1, 0.15) is 11.6 Å². The first-order valence-corrected chi connectivity index (χ1v) is 6.15. The van der Waals surface area contributed by atoms with Crippen LogP contribution in [0.4, 0.5) is 10.1 Å². The number of rotatable bonds is 3. The quantitative estimate of drug-likeness (QED) is 0.672. The molecule has 0 unspecified atom stereocenters. The van der Waals surface area contributed by atoms with Crippen molar-refractivity contribution in [1.29, 1.82) is 0 Å². The van der Waals surface area contributed by atoms with E-state index in [2.05, 4.69) is 4.98 Å². The number of halogens is 1. The van der Waals surface area contributed by atoms with E-state index in [0.29, 0.717) is 22.2 Å². The minimum atomic E-state index is -0.290. The van der Waals surface area contributed by atoms with E-state index in [1.165, 1.54) is 23.9 Å². The lowest BCUT2D eigenvalue weighted by Gasteiger charge is -2.03. The number of thioether (sulfide) groups is 1. The predicted molar refractivity (Wildman–Crippen MR) is 66.4 cm³/mol. The van der Waals surface area contributed by atoms with Gasteiger partial charge in [-0.25, -0.2) is 9.37 Å². The molecule has 2 N–H and O–H groups in total. The highest BCUT2D eigenvalue weighted by Gasteiger charge is 2.08. The van der Waals surface area contributed by atoms with Gasteiger partial charge >= 0.3 is 0 Å². The van der Waals surface area contributed by atoms with Crippen LogP contribution in [-0.4, -0.2) is 4.98 Å². The molecule has 0 amide bonds. The van der Waals surface area contributed by atoms with Crippen LogP contribution in [0.3, 0.4) is 0 Å². The van der Waals surface area contributed by atoms with Crippen LogP contribution in [-0.2, 0) is 5.75 Å². The Balaban J connectivity index is 2.09. The zero-order chi connectivity index (χ0) is 12.4. The van der Waals surface area contributed by atoms with Crippen molar-refractivity contribution in [3.63, 3.8) is 0 Å². The highest BCUT2D eigenvalue weighted by atomic mass is 32.2. The van der Waals surface area contributed by atoms with Crippen molar-refractivity contribution in [3.05, 3.63) is 41.4 Å². The number of nitrogen functional groups attached to an aromatic ring is 1. The molecule has 1 aromatic heterocycles. The summed E-state index contributed by atoms with van der Waals surface area (Å²) in [4.78, 5) is 4.96. The van der Waals surface area contributed by atoms with Crippen LogP contribution >= 0.6 is 11.8 Å². The van der Waals surface area contributed by atoms with Crippen LogP contribution in [0.5, 0.6) is 0 Å². The number of hydrogen-bond donors (Lipinski definition) is 1. The topological polar surface area (TPSA) is 52.0 Å². The lowest BCUT2D eigenvalue weighted by molar-refractivity contribution is 0.489. The fourth-order valence-electron chi connectivity index (χ4n) is 1.37. The molecule has 0 aliphatic rings. The summed E-state index contributed by atoms with van der Waals surface area (Å²) in [6.45, 7) is 3.76. The zero-order valence-corrected chi connectivity index (χ0v) is 10.5. The van der Waals surface area contributed by atoms with Crippen molar-refractivity contribution in [2.75, 3.05) is 5.73 Å². The first-order chi connectivity index (χ1) is 8.06. The lowest BCUT2D eigenvalue weighted by atomic mass is 10.3. The van der Waals surface area contributed by atoms with Gasteiger partial charge in [-0.1, -0.05) is 0 Å². The van der Waals surface area contributed by atoms with Gasteiger partial charge in [0.2, 0.25) is 5.89 Å². The molecule has 2 aromatic rings. The van der Waals surface area contributed by atoms with Crippen LogP contribution < -0.4 is 5.73 Å². The van der Waals surface area contributed by atoms with Crippen molar-refractivity contribution >= 4 is 17.4 Å². The summed E-state index contributed by atoms with van der Waals surface area (Å²) in [5.41, 5.74) is 7.20. The Morgan fingerprint density at radius 1 is 1.41 bits per heavy atom. The largest absolute Gasteiger partial charge is 0.445 e. The van der Waals surface area contributed by atoms with E-state index in [0.717, 1.165) is 11.5 Å². The third-order valence-corrected chi connectivity index (χ3v) is 3.46. The Morgan fingerprint density at radius 2 is 2.18 bits per heavy atom. The molecule has 2 rings (SSSR count). The standard InChI is InChI=1S/C12H13FN2OS/c1-7-8(2)16-12(15-7)6-17-11-5-9(13)3-4-10(11)14/h3-5H,6,14H2,1-2H3. The monoisotopic (exact) mass is 252 g/mol. The van der Waals surface area contributed by atoms with Gasteiger partial charge in [-0.2, -0.15) is 0 Å². The molecular weight excluding hydrogens is 239 g/mol. The molecule has 0 aliphatic carbocycles. The van der Waals surface area contributed by atoms with Crippen molar-refractivity contribution in [2.45, 2.75) is 24.5 Å². The molecule has 90 valence electrons. The predicted octanol–water partition coefficient (Wildman–Crippen LogP) is 3.31. The van der Waals surface area contributed by atoms with Gasteiger partial charge in [0.15, 0.2) is 0 Å². The van der Waals surface area contributed by atoms with Gasteiger partial charge in [-0.15, -0.1) is 11.8 Å². The third kappa shape index (κ3) is 2.79. The molecular formula is C12H13FN2OS. The smallest absolute Gasteiger partial charge is 0.204 e. The van der Waals surface area contributed by atoms with E-state index in [9.17, 15) is 4.39 Å². The Labute approximate surface area is 103 Å². The van der Waals surface area contributed by atoms with Gasteiger partial charge in [-0.3, -0.25) is 0 Å². The van der Waals surface area contributed by atoms with Crippen molar-refractivity contribution in [1.82, 2.24) is 4.98 Å². The number of aromatic nitrogens is 1. The third-order valence-electron chi connectivity index (χ3n) is 2.40. The van der Waals surface area contributed by atoms with E-state index in [-0.39, 0.29) is 5.82 Å². The Bertz CT molecular complexity index is 520. The first-order valence-electron chi connectivity index (χ1n) is 5.17. The minimum Gasteiger partial charge on any atom is -0.445 e. The Morgan fingerprint density at radius 3 is 2.82 bits per heavy atom. The van der Waals surface area contributed by atoms with E-state index in [4.69, 9.17) is 10.2 Å². The molecule has 0 saturated heterocycles. The first kappa shape index (κ1) is 12.0. The van der Waals surface area contributed by atoms with E-state index >= 15 is 0 Å². The molecule has 1 heterocycles. The highest BCUT2D eigenvalue weighted by molar-refractivity contribution is 7.98. The van der Waals surface area contributed by atoms with Crippen LogP contribution in [0.15, 0.2) is 27.5 Å². The number of hydrogen-bond acceptors (Lipinski definition) is 4. The summed E-state index contributed by atoms with van der Waals surface area (Å²) >= 11 is 1.42. The fraction of sp³-hybridized carbons (Fsp3) is 0.250. The molecule has 0 aliphatic heterocycles. The van der Waals surface area contributed by atoms with Gasteiger partial charge in [0, 0.05) is 10.6 Å². The summed E-state index contributed by atoms with van der Waals surface area (Å²) in [7, 11) is 0. The second-order valence-corrected chi connectivity index (χ2v) is 4.74. The fourth-order valence-corrected chi connectivity index (χ4v) is 2.21. The number of nitrogens with zero attached hydrogens (tertiary/aromatic N) is 1. The maximum absolute atomic E-state index is 13.0. The zero-order valence-electron chi connectivity index (χ0n) is 9.66. The molecule has 0 saturated carbocycles. The Kier molecular flexibility index (Phi) is 3.38. The number of benzene rings is 1. The molecule has 1 aromatic carbocycles. The van der Waals surface area contributed by atoms with Gasteiger partial charge in [0.25, 0.3) is 0 Å². The average molecular weight is 252 g/mol. The maximum Gasteiger partial charge on any atom is 0.204 e.